The van der Waals surface area contributed by atoms with Gasteiger partial charge in [0.1, 0.15) is 5.58 Å². The molecule has 1 amide bonds. The van der Waals surface area contributed by atoms with E-state index in [0.717, 1.165) is 22.9 Å². The molecule has 3 aromatic carbocycles. The first-order valence-corrected chi connectivity index (χ1v) is 14.7. The van der Waals surface area contributed by atoms with Crippen molar-refractivity contribution in [2.24, 2.45) is 0 Å². The van der Waals surface area contributed by atoms with Crippen LogP contribution in [-0.4, -0.2) is 27.0 Å². The number of thioether (sulfide) groups is 1. The monoisotopic (exact) mass is 587 g/mol. The number of aliphatic hydroxyl groups excluding tert-OH is 1. The Morgan fingerprint density at radius 1 is 1.07 bits per heavy atom. The van der Waals surface area contributed by atoms with Crippen LogP contribution >= 0.6 is 34.7 Å². The summed E-state index contributed by atoms with van der Waals surface area (Å²) in [5.74, 6) is -1.30. The number of hydrogen-bond acceptors (Lipinski definition) is 8. The highest BCUT2D eigenvalue weighted by Crippen LogP contribution is 2.44. The van der Waals surface area contributed by atoms with Gasteiger partial charge in [-0.1, -0.05) is 102 Å². The molecule has 1 aliphatic rings. The molecule has 1 unspecified atom stereocenters. The van der Waals surface area contributed by atoms with Gasteiger partial charge in [-0.25, -0.2) is 0 Å². The maximum atomic E-state index is 13.8. The van der Waals surface area contributed by atoms with Crippen LogP contribution < -0.4 is 4.90 Å². The number of Topliss-reactive ketones (excluding diaryl/α,β-unsaturated/α-hetero) is 1. The number of anilines is 1. The summed E-state index contributed by atoms with van der Waals surface area (Å²) in [7, 11) is 0. The second kappa shape index (κ2) is 10.9. The molecular weight excluding hydrogens is 566 g/mol. The third kappa shape index (κ3) is 4.81. The zero-order chi connectivity index (χ0) is 27.8. The van der Waals surface area contributed by atoms with Crippen molar-refractivity contribution in [1.29, 1.82) is 0 Å². The SMILES string of the molecule is CCc1ccc(C2C(C(=O)c3cc4ccccc4o3)=C(O)C(=O)N2c2nnc(SCc3ccccc3Cl)s2)cc1. The van der Waals surface area contributed by atoms with E-state index in [4.69, 9.17) is 16.0 Å². The van der Waals surface area contributed by atoms with Gasteiger partial charge in [0.15, 0.2) is 15.9 Å². The van der Waals surface area contributed by atoms with Gasteiger partial charge in [-0.15, -0.1) is 10.2 Å². The Bertz CT molecular complexity index is 1740. The predicted molar refractivity (Wildman–Crippen MR) is 157 cm³/mol. The first-order valence-electron chi connectivity index (χ1n) is 12.5. The number of benzene rings is 3. The average Bonchev–Trinajstić information content (AvgIpc) is 3.69. The fourth-order valence-corrected chi connectivity index (χ4v) is 6.78. The molecule has 5 aromatic rings. The molecule has 0 aliphatic carbocycles. The van der Waals surface area contributed by atoms with Gasteiger partial charge >= 0.3 is 0 Å². The van der Waals surface area contributed by atoms with Crippen LogP contribution in [0.25, 0.3) is 11.0 Å². The molecule has 3 heterocycles. The number of aromatic nitrogens is 2. The predicted octanol–water partition coefficient (Wildman–Crippen LogP) is 7.58. The second-order valence-corrected chi connectivity index (χ2v) is 11.7. The van der Waals surface area contributed by atoms with E-state index in [1.165, 1.54) is 28.0 Å². The molecule has 0 saturated carbocycles. The first kappa shape index (κ1) is 26.3. The summed E-state index contributed by atoms with van der Waals surface area (Å²) in [4.78, 5) is 28.7. The number of carbonyl (C=O) groups excluding carboxylic acids is 2. The van der Waals surface area contributed by atoms with Crippen LogP contribution in [0.4, 0.5) is 5.13 Å². The summed E-state index contributed by atoms with van der Waals surface area (Å²) < 4.78 is 6.44. The molecule has 1 aliphatic heterocycles. The molecule has 0 fully saturated rings. The minimum atomic E-state index is -0.909. The number of nitrogens with zero attached hydrogens (tertiary/aromatic N) is 3. The average molecular weight is 588 g/mol. The lowest BCUT2D eigenvalue weighted by Crippen LogP contribution is -2.31. The van der Waals surface area contributed by atoms with Crippen LogP contribution in [-0.2, 0) is 17.0 Å². The van der Waals surface area contributed by atoms with E-state index in [9.17, 15) is 14.7 Å². The highest BCUT2D eigenvalue weighted by Gasteiger charge is 2.46. The van der Waals surface area contributed by atoms with Gasteiger partial charge in [0.2, 0.25) is 10.9 Å². The molecule has 0 saturated heterocycles. The van der Waals surface area contributed by atoms with Gasteiger partial charge in [0.05, 0.1) is 11.6 Å². The number of amides is 1. The minimum absolute atomic E-state index is 0.0424. The molecule has 10 heteroatoms. The summed E-state index contributed by atoms with van der Waals surface area (Å²) in [6, 6.07) is 23.1. The van der Waals surface area contributed by atoms with Crippen LogP contribution in [0.5, 0.6) is 0 Å². The number of furan rings is 1. The van der Waals surface area contributed by atoms with Gasteiger partial charge < -0.3 is 9.52 Å². The highest BCUT2D eigenvalue weighted by molar-refractivity contribution is 8.00. The third-order valence-electron chi connectivity index (χ3n) is 6.72. The minimum Gasteiger partial charge on any atom is -0.503 e. The number of para-hydroxylation sites is 1. The lowest BCUT2D eigenvalue weighted by Gasteiger charge is -2.24. The number of rotatable bonds is 8. The van der Waals surface area contributed by atoms with Crippen LogP contribution in [0.3, 0.4) is 0 Å². The van der Waals surface area contributed by atoms with E-state index in [0.29, 0.717) is 26.3 Å². The summed E-state index contributed by atoms with van der Waals surface area (Å²) >= 11 is 8.95. The number of ketones is 1. The van der Waals surface area contributed by atoms with Crippen LogP contribution in [0.15, 0.2) is 99.0 Å². The standard InChI is InChI=1S/C30H22ClN3O4S2/c1-2-17-11-13-18(14-12-17)25-24(26(35)23-15-19-7-4-6-10-22(19)38-23)27(36)28(37)34(25)29-32-33-30(40-29)39-16-20-8-3-5-9-21(20)31/h3-15,25,36H,2,16H2,1H3. The number of halogens is 1. The maximum absolute atomic E-state index is 13.8. The zero-order valence-corrected chi connectivity index (χ0v) is 23.6. The van der Waals surface area contributed by atoms with E-state index >= 15 is 0 Å². The van der Waals surface area contributed by atoms with E-state index < -0.39 is 23.5 Å². The van der Waals surface area contributed by atoms with Crippen molar-refractivity contribution in [3.63, 3.8) is 0 Å². The van der Waals surface area contributed by atoms with Crippen molar-refractivity contribution in [3.05, 3.63) is 118 Å². The summed E-state index contributed by atoms with van der Waals surface area (Å²) in [6.45, 7) is 2.05. The Labute approximate surface area is 243 Å². The van der Waals surface area contributed by atoms with Crippen molar-refractivity contribution in [2.75, 3.05) is 4.90 Å². The molecule has 6 rings (SSSR count). The molecule has 1 atom stereocenters. The molecule has 0 bridgehead atoms. The van der Waals surface area contributed by atoms with Crippen LogP contribution in [0.1, 0.15) is 40.2 Å². The Hall–Kier alpha value is -3.92. The Morgan fingerprint density at radius 2 is 1.82 bits per heavy atom. The largest absolute Gasteiger partial charge is 0.503 e. The number of aliphatic hydroxyl groups is 1. The number of hydrogen-bond donors (Lipinski definition) is 1. The fraction of sp³-hybridized carbons (Fsp3) is 0.133. The quantitative estimate of drug-likeness (QED) is 0.114. The molecule has 40 heavy (non-hydrogen) atoms. The van der Waals surface area contributed by atoms with Gasteiger partial charge in [0.25, 0.3) is 5.91 Å². The summed E-state index contributed by atoms with van der Waals surface area (Å²) in [6.07, 6.45) is 0.835. The lowest BCUT2D eigenvalue weighted by atomic mass is 9.94. The third-order valence-corrected chi connectivity index (χ3v) is 9.19. The molecule has 0 radical (unpaired) electrons. The lowest BCUT2D eigenvalue weighted by molar-refractivity contribution is -0.117. The number of aryl methyl sites for hydroxylation is 1. The fourth-order valence-electron chi connectivity index (χ4n) is 4.63. The van der Waals surface area contributed by atoms with Crippen molar-refractivity contribution in [2.45, 2.75) is 29.5 Å². The van der Waals surface area contributed by atoms with Crippen LogP contribution in [0, 0.1) is 0 Å². The zero-order valence-electron chi connectivity index (χ0n) is 21.2. The summed E-state index contributed by atoms with van der Waals surface area (Å²) in [5, 5.41) is 21.3. The van der Waals surface area contributed by atoms with Gasteiger partial charge in [-0.3, -0.25) is 14.5 Å². The first-order chi connectivity index (χ1) is 19.4. The van der Waals surface area contributed by atoms with Gasteiger partial charge in [0, 0.05) is 16.2 Å². The Balaban J connectivity index is 1.37. The molecule has 1 N–H and O–H groups in total. The highest BCUT2D eigenvalue weighted by atomic mass is 35.5. The second-order valence-electron chi connectivity index (χ2n) is 9.14. The smallest absolute Gasteiger partial charge is 0.296 e. The van der Waals surface area contributed by atoms with E-state index in [-0.39, 0.29) is 16.5 Å². The number of fused-ring (bicyclic) bond motifs is 1. The molecule has 200 valence electrons. The van der Waals surface area contributed by atoms with Crippen molar-refractivity contribution >= 4 is 62.5 Å². The van der Waals surface area contributed by atoms with E-state index in [1.807, 2.05) is 73.7 Å². The van der Waals surface area contributed by atoms with Crippen molar-refractivity contribution in [1.82, 2.24) is 10.2 Å². The Morgan fingerprint density at radius 3 is 2.58 bits per heavy atom. The van der Waals surface area contributed by atoms with E-state index in [2.05, 4.69) is 10.2 Å². The number of carbonyl (C=O) groups is 2. The van der Waals surface area contributed by atoms with Gasteiger partial charge in [-0.05, 0) is 41.3 Å². The normalized spacial score (nSPS) is 15.4. The molecule has 7 nitrogen and oxygen atoms in total. The van der Waals surface area contributed by atoms with Gasteiger partial charge in [-0.2, -0.15) is 0 Å². The van der Waals surface area contributed by atoms with E-state index in [1.54, 1.807) is 12.1 Å². The summed E-state index contributed by atoms with van der Waals surface area (Å²) in [5.41, 5.74) is 3.20. The topological polar surface area (TPSA) is 96.5 Å². The molecular formula is C30H22ClN3O4S2. The van der Waals surface area contributed by atoms with Crippen molar-refractivity contribution < 1.29 is 19.1 Å². The van der Waals surface area contributed by atoms with Crippen molar-refractivity contribution in [3.8, 4) is 0 Å². The molecule has 0 spiro atoms. The molecule has 2 aromatic heterocycles. The maximum Gasteiger partial charge on any atom is 0.296 e. The van der Waals surface area contributed by atoms with Crippen LogP contribution in [0.2, 0.25) is 5.02 Å². The Kier molecular flexibility index (Phi) is 7.18.